The summed E-state index contributed by atoms with van der Waals surface area (Å²) in [5.74, 6) is 1.39. The molecule has 0 spiro atoms. The third-order valence-corrected chi connectivity index (χ3v) is 4.40. The first-order valence-corrected chi connectivity index (χ1v) is 7.96. The van der Waals surface area contributed by atoms with Crippen molar-refractivity contribution >= 4 is 11.6 Å². The Hall–Kier alpha value is -2.82. The number of nitrogens with zero attached hydrogens (tertiary/aromatic N) is 2. The molecule has 0 saturated heterocycles. The molecule has 2 aliphatic rings. The summed E-state index contributed by atoms with van der Waals surface area (Å²) in [6.07, 6.45) is 0.683. The lowest BCUT2D eigenvalue weighted by Crippen LogP contribution is -2.24. The van der Waals surface area contributed by atoms with Gasteiger partial charge in [-0.1, -0.05) is 35.9 Å². The Balaban J connectivity index is 1.67. The quantitative estimate of drug-likeness (QED) is 0.851. The maximum absolute atomic E-state index is 12.1. The molecule has 2 aliphatic heterocycles. The van der Waals surface area contributed by atoms with E-state index in [1.165, 1.54) is 5.56 Å². The van der Waals surface area contributed by atoms with Crippen LogP contribution in [0.25, 0.3) is 0 Å². The van der Waals surface area contributed by atoms with Crippen molar-refractivity contribution in [2.45, 2.75) is 26.3 Å². The topological polar surface area (TPSA) is 51.1 Å². The fraction of sp³-hybridized carbons (Fsp3) is 0.263. The summed E-state index contributed by atoms with van der Waals surface area (Å²) in [5.41, 5.74) is 4.18. The van der Waals surface area contributed by atoms with Crippen LogP contribution in [-0.2, 0) is 4.79 Å². The number of benzene rings is 2. The molecule has 0 aliphatic carbocycles. The average Bonchev–Trinajstić information content (AvgIpc) is 3.21. The maximum Gasteiger partial charge on any atom is 0.240 e. The van der Waals surface area contributed by atoms with Crippen LogP contribution in [-0.4, -0.2) is 23.4 Å². The Morgan fingerprint density at radius 1 is 1.12 bits per heavy atom. The number of carbonyl (C=O) groups excluding carboxylic acids is 1. The van der Waals surface area contributed by atoms with Crippen LogP contribution in [0.4, 0.5) is 0 Å². The Bertz CT molecular complexity index is 827. The zero-order chi connectivity index (χ0) is 16.7. The summed E-state index contributed by atoms with van der Waals surface area (Å²) in [7, 11) is 0. The van der Waals surface area contributed by atoms with Gasteiger partial charge in [-0.3, -0.25) is 4.79 Å². The highest BCUT2D eigenvalue weighted by molar-refractivity contribution is 6.03. The van der Waals surface area contributed by atoms with Crippen LogP contribution in [0.1, 0.15) is 36.1 Å². The van der Waals surface area contributed by atoms with Gasteiger partial charge in [0.05, 0.1) is 11.8 Å². The van der Waals surface area contributed by atoms with Crippen LogP contribution in [0.2, 0.25) is 0 Å². The lowest BCUT2D eigenvalue weighted by molar-refractivity contribution is -0.130. The van der Waals surface area contributed by atoms with E-state index in [4.69, 9.17) is 9.47 Å². The minimum Gasteiger partial charge on any atom is -0.454 e. The molecule has 1 amide bonds. The lowest BCUT2D eigenvalue weighted by atomic mass is 9.97. The minimum absolute atomic E-state index is 0.0696. The first-order valence-electron chi connectivity index (χ1n) is 7.96. The third kappa shape index (κ3) is 2.52. The summed E-state index contributed by atoms with van der Waals surface area (Å²) < 4.78 is 10.8. The lowest BCUT2D eigenvalue weighted by Gasteiger charge is -2.20. The van der Waals surface area contributed by atoms with Gasteiger partial charge in [-0.2, -0.15) is 5.10 Å². The van der Waals surface area contributed by atoms with Crippen molar-refractivity contribution in [2.24, 2.45) is 5.10 Å². The van der Waals surface area contributed by atoms with Gasteiger partial charge in [0.1, 0.15) is 0 Å². The number of hydrogen-bond acceptors (Lipinski definition) is 4. The summed E-state index contributed by atoms with van der Waals surface area (Å²) in [6, 6.07) is 13.9. The predicted octanol–water partition coefficient (Wildman–Crippen LogP) is 3.42. The molecule has 5 nitrogen and oxygen atoms in total. The summed E-state index contributed by atoms with van der Waals surface area (Å²) in [5, 5.41) is 6.13. The Kier molecular flexibility index (Phi) is 3.49. The molecule has 2 aromatic carbocycles. The smallest absolute Gasteiger partial charge is 0.240 e. The van der Waals surface area contributed by atoms with Crippen molar-refractivity contribution in [3.8, 4) is 11.5 Å². The Morgan fingerprint density at radius 3 is 2.62 bits per heavy atom. The van der Waals surface area contributed by atoms with Crippen molar-refractivity contribution in [3.63, 3.8) is 0 Å². The maximum atomic E-state index is 12.1. The van der Waals surface area contributed by atoms with Gasteiger partial charge in [0, 0.05) is 13.3 Å². The van der Waals surface area contributed by atoms with E-state index in [0.717, 1.165) is 28.3 Å². The highest BCUT2D eigenvalue weighted by Gasteiger charge is 2.32. The van der Waals surface area contributed by atoms with Crippen molar-refractivity contribution in [2.75, 3.05) is 6.79 Å². The second-order valence-corrected chi connectivity index (χ2v) is 6.11. The zero-order valence-electron chi connectivity index (χ0n) is 13.7. The average molecular weight is 322 g/mol. The van der Waals surface area contributed by atoms with E-state index in [9.17, 15) is 4.79 Å². The van der Waals surface area contributed by atoms with E-state index in [0.29, 0.717) is 6.42 Å². The molecular weight excluding hydrogens is 304 g/mol. The van der Waals surface area contributed by atoms with Crippen LogP contribution >= 0.6 is 0 Å². The summed E-state index contributed by atoms with van der Waals surface area (Å²) in [6.45, 7) is 3.84. The first-order chi connectivity index (χ1) is 11.6. The molecule has 2 heterocycles. The number of rotatable bonds is 2. The van der Waals surface area contributed by atoms with Gasteiger partial charge in [0.15, 0.2) is 11.5 Å². The second-order valence-electron chi connectivity index (χ2n) is 6.11. The van der Waals surface area contributed by atoms with E-state index >= 15 is 0 Å². The molecule has 24 heavy (non-hydrogen) atoms. The minimum atomic E-state index is -0.117. The highest BCUT2D eigenvalue weighted by Crippen LogP contribution is 2.39. The molecule has 122 valence electrons. The predicted molar refractivity (Wildman–Crippen MR) is 90.2 cm³/mol. The number of amides is 1. The fourth-order valence-corrected chi connectivity index (χ4v) is 3.10. The number of hydrazone groups is 1. The summed E-state index contributed by atoms with van der Waals surface area (Å²) >= 11 is 0. The van der Waals surface area contributed by atoms with Crippen molar-refractivity contribution < 1.29 is 14.3 Å². The molecule has 0 fully saturated rings. The van der Waals surface area contributed by atoms with Crippen molar-refractivity contribution in [1.29, 1.82) is 0 Å². The highest BCUT2D eigenvalue weighted by atomic mass is 16.7. The van der Waals surface area contributed by atoms with Gasteiger partial charge in [0.2, 0.25) is 12.7 Å². The van der Waals surface area contributed by atoms with Crippen LogP contribution in [0.15, 0.2) is 47.6 Å². The molecule has 5 heteroatoms. The van der Waals surface area contributed by atoms with Gasteiger partial charge >= 0.3 is 0 Å². The van der Waals surface area contributed by atoms with Gasteiger partial charge in [-0.25, -0.2) is 5.01 Å². The van der Waals surface area contributed by atoms with Crippen LogP contribution in [0.3, 0.4) is 0 Å². The molecule has 2 aromatic rings. The molecule has 0 unspecified atom stereocenters. The number of aryl methyl sites for hydroxylation is 1. The Morgan fingerprint density at radius 2 is 1.88 bits per heavy atom. The molecule has 0 saturated carbocycles. The number of ether oxygens (including phenoxy) is 2. The van der Waals surface area contributed by atoms with Crippen molar-refractivity contribution in [3.05, 3.63) is 59.2 Å². The third-order valence-electron chi connectivity index (χ3n) is 4.40. The van der Waals surface area contributed by atoms with E-state index in [2.05, 4.69) is 36.3 Å². The fourth-order valence-electron chi connectivity index (χ4n) is 3.10. The van der Waals surface area contributed by atoms with Crippen LogP contribution in [0.5, 0.6) is 11.5 Å². The van der Waals surface area contributed by atoms with Crippen molar-refractivity contribution in [1.82, 2.24) is 5.01 Å². The van der Waals surface area contributed by atoms with Crippen LogP contribution < -0.4 is 9.47 Å². The molecule has 0 radical (unpaired) electrons. The largest absolute Gasteiger partial charge is 0.454 e. The number of carbonyl (C=O) groups is 1. The molecule has 1 atom stereocenters. The normalized spacial score (nSPS) is 18.7. The monoisotopic (exact) mass is 322 g/mol. The molecule has 4 rings (SSSR count). The number of fused-ring (bicyclic) bond motifs is 1. The SMILES string of the molecule is CC(=O)N1N=C(c2ccc(C)cc2)C[C@H]1c1ccc2c(c1)OCO2. The van der Waals surface area contributed by atoms with Gasteiger partial charge in [-0.05, 0) is 30.2 Å². The summed E-state index contributed by atoms with van der Waals surface area (Å²) in [4.78, 5) is 12.1. The van der Waals surface area contributed by atoms with Gasteiger partial charge in [-0.15, -0.1) is 0 Å². The first kappa shape index (κ1) is 14.8. The zero-order valence-corrected chi connectivity index (χ0v) is 13.7. The van der Waals surface area contributed by atoms with Crippen LogP contribution in [0, 0.1) is 6.92 Å². The number of hydrogen-bond donors (Lipinski definition) is 0. The molecular formula is C19H18N2O3. The molecule has 0 aromatic heterocycles. The van der Waals surface area contributed by atoms with E-state index in [-0.39, 0.29) is 18.7 Å². The van der Waals surface area contributed by atoms with E-state index in [1.807, 2.05) is 18.2 Å². The van der Waals surface area contributed by atoms with E-state index in [1.54, 1.807) is 11.9 Å². The van der Waals surface area contributed by atoms with E-state index < -0.39 is 0 Å². The molecule has 0 N–H and O–H groups in total. The Labute approximate surface area is 140 Å². The standard InChI is InChI=1S/C19H18N2O3/c1-12-3-5-14(6-4-12)16-10-17(21(20-16)13(2)22)15-7-8-18-19(9-15)24-11-23-18/h3-9,17H,10-11H2,1-2H3/t17-/m0/s1. The molecule has 0 bridgehead atoms. The van der Waals surface area contributed by atoms with Gasteiger partial charge < -0.3 is 9.47 Å². The van der Waals surface area contributed by atoms with Gasteiger partial charge in [0.25, 0.3) is 0 Å². The second kappa shape index (κ2) is 5.67.